The van der Waals surface area contributed by atoms with Crippen LogP contribution < -0.4 is 5.32 Å². The lowest BCUT2D eigenvalue weighted by atomic mass is 9.96. The lowest BCUT2D eigenvalue weighted by Gasteiger charge is -2.15. The first-order chi connectivity index (χ1) is 9.56. The Balaban J connectivity index is 2.46. The third kappa shape index (κ3) is 2.93. The molecule has 0 saturated carbocycles. The van der Waals surface area contributed by atoms with Crippen LogP contribution in [0.25, 0.3) is 11.1 Å². The maximum absolute atomic E-state index is 4.60. The standard InChI is InChI=1S/C17H25N3/c1-6-16(18-4)14-9-7-8-13(10-14)15-11-20(5)19-17(15)12(2)3/h7-12,16,18H,6H2,1-5H3. The van der Waals surface area contributed by atoms with Crippen LogP contribution in [0.15, 0.2) is 30.5 Å². The van der Waals surface area contributed by atoms with Gasteiger partial charge in [-0.1, -0.05) is 39.0 Å². The fourth-order valence-corrected chi connectivity index (χ4v) is 2.68. The van der Waals surface area contributed by atoms with Gasteiger partial charge in [0.05, 0.1) is 5.69 Å². The Kier molecular flexibility index (Phi) is 4.61. The topological polar surface area (TPSA) is 29.9 Å². The molecule has 3 heteroatoms. The first-order valence-electron chi connectivity index (χ1n) is 7.38. The van der Waals surface area contributed by atoms with Gasteiger partial charge in [-0.25, -0.2) is 0 Å². The van der Waals surface area contributed by atoms with Gasteiger partial charge >= 0.3 is 0 Å². The van der Waals surface area contributed by atoms with Crippen molar-refractivity contribution >= 4 is 0 Å². The third-order valence-corrected chi connectivity index (χ3v) is 3.76. The maximum Gasteiger partial charge on any atom is 0.0728 e. The molecule has 1 aromatic carbocycles. The van der Waals surface area contributed by atoms with Crippen molar-refractivity contribution in [2.24, 2.45) is 7.05 Å². The van der Waals surface area contributed by atoms with Crippen molar-refractivity contribution in [2.75, 3.05) is 7.05 Å². The smallest absolute Gasteiger partial charge is 0.0728 e. The van der Waals surface area contributed by atoms with Gasteiger partial charge in [-0.2, -0.15) is 5.10 Å². The highest BCUT2D eigenvalue weighted by Crippen LogP contribution is 2.30. The molecule has 0 fully saturated rings. The molecule has 108 valence electrons. The molecule has 0 bridgehead atoms. The summed E-state index contributed by atoms with van der Waals surface area (Å²) in [7, 11) is 4.01. The zero-order valence-electron chi connectivity index (χ0n) is 13.1. The highest BCUT2D eigenvalue weighted by atomic mass is 15.3. The van der Waals surface area contributed by atoms with Gasteiger partial charge in [-0.05, 0) is 36.6 Å². The average Bonchev–Trinajstić information content (AvgIpc) is 2.83. The molecule has 1 atom stereocenters. The van der Waals surface area contributed by atoms with Crippen LogP contribution in [0.1, 0.15) is 50.4 Å². The second-order valence-corrected chi connectivity index (χ2v) is 5.63. The Morgan fingerprint density at radius 2 is 2.05 bits per heavy atom. The molecule has 0 amide bonds. The molecule has 0 spiro atoms. The van der Waals surface area contributed by atoms with E-state index in [0.717, 1.165) is 6.42 Å². The van der Waals surface area contributed by atoms with Crippen molar-refractivity contribution in [3.63, 3.8) is 0 Å². The summed E-state index contributed by atoms with van der Waals surface area (Å²) in [5.41, 5.74) is 5.01. The maximum atomic E-state index is 4.60. The van der Waals surface area contributed by atoms with Crippen LogP contribution >= 0.6 is 0 Å². The fraction of sp³-hybridized carbons (Fsp3) is 0.471. The Bertz CT molecular complexity index is 565. The number of aromatic nitrogens is 2. The molecule has 0 saturated heterocycles. The van der Waals surface area contributed by atoms with E-state index in [4.69, 9.17) is 0 Å². The lowest BCUT2D eigenvalue weighted by Crippen LogP contribution is -2.15. The zero-order chi connectivity index (χ0) is 14.7. The van der Waals surface area contributed by atoms with Gasteiger partial charge in [0.1, 0.15) is 0 Å². The molecule has 1 aromatic heterocycles. The van der Waals surface area contributed by atoms with E-state index in [1.807, 2.05) is 18.8 Å². The van der Waals surface area contributed by atoms with Gasteiger partial charge in [-0.3, -0.25) is 4.68 Å². The number of aryl methyl sites for hydroxylation is 1. The molecule has 0 aliphatic carbocycles. The Morgan fingerprint density at radius 1 is 1.30 bits per heavy atom. The van der Waals surface area contributed by atoms with Crippen LogP contribution in [0.2, 0.25) is 0 Å². The normalized spacial score (nSPS) is 12.9. The van der Waals surface area contributed by atoms with Crippen LogP contribution in [0.5, 0.6) is 0 Å². The highest BCUT2D eigenvalue weighted by Gasteiger charge is 2.14. The fourth-order valence-electron chi connectivity index (χ4n) is 2.68. The second-order valence-electron chi connectivity index (χ2n) is 5.63. The summed E-state index contributed by atoms with van der Waals surface area (Å²) in [4.78, 5) is 0. The average molecular weight is 271 g/mol. The summed E-state index contributed by atoms with van der Waals surface area (Å²) in [6.07, 6.45) is 3.21. The minimum Gasteiger partial charge on any atom is -0.313 e. The summed E-state index contributed by atoms with van der Waals surface area (Å²) in [5, 5.41) is 7.97. The van der Waals surface area contributed by atoms with Crippen molar-refractivity contribution in [1.82, 2.24) is 15.1 Å². The third-order valence-electron chi connectivity index (χ3n) is 3.76. The molecular weight excluding hydrogens is 246 g/mol. The SMILES string of the molecule is CCC(NC)c1cccc(-c2cn(C)nc2C(C)C)c1. The first-order valence-corrected chi connectivity index (χ1v) is 7.38. The number of hydrogen-bond donors (Lipinski definition) is 1. The van der Waals surface area contributed by atoms with Gasteiger partial charge in [0, 0.05) is 24.8 Å². The first kappa shape index (κ1) is 14.8. The van der Waals surface area contributed by atoms with Crippen molar-refractivity contribution < 1.29 is 0 Å². The Hall–Kier alpha value is -1.61. The second kappa shape index (κ2) is 6.23. The molecule has 0 aliphatic heterocycles. The van der Waals surface area contributed by atoms with E-state index in [1.165, 1.54) is 22.4 Å². The number of rotatable bonds is 5. The summed E-state index contributed by atoms with van der Waals surface area (Å²) in [6, 6.07) is 9.21. The van der Waals surface area contributed by atoms with Crippen LogP contribution in [-0.2, 0) is 7.05 Å². The molecule has 0 aliphatic rings. The van der Waals surface area contributed by atoms with E-state index >= 15 is 0 Å². The lowest BCUT2D eigenvalue weighted by molar-refractivity contribution is 0.577. The largest absolute Gasteiger partial charge is 0.313 e. The van der Waals surface area contributed by atoms with Crippen molar-refractivity contribution in [3.8, 4) is 11.1 Å². The van der Waals surface area contributed by atoms with E-state index in [-0.39, 0.29) is 0 Å². The minimum absolute atomic E-state index is 0.411. The van der Waals surface area contributed by atoms with E-state index < -0.39 is 0 Å². The van der Waals surface area contributed by atoms with Crippen molar-refractivity contribution in [1.29, 1.82) is 0 Å². The summed E-state index contributed by atoms with van der Waals surface area (Å²) < 4.78 is 1.91. The molecule has 1 unspecified atom stereocenters. The quantitative estimate of drug-likeness (QED) is 0.894. The summed E-state index contributed by atoms with van der Waals surface area (Å²) in [5.74, 6) is 0.432. The minimum atomic E-state index is 0.411. The van der Waals surface area contributed by atoms with E-state index in [0.29, 0.717) is 12.0 Å². The zero-order valence-corrected chi connectivity index (χ0v) is 13.1. The molecule has 2 rings (SSSR count). The van der Waals surface area contributed by atoms with Crippen LogP contribution in [-0.4, -0.2) is 16.8 Å². The van der Waals surface area contributed by atoms with Gasteiger partial charge in [0.15, 0.2) is 0 Å². The van der Waals surface area contributed by atoms with Crippen LogP contribution in [0.4, 0.5) is 0 Å². The van der Waals surface area contributed by atoms with E-state index in [1.54, 1.807) is 0 Å². The highest BCUT2D eigenvalue weighted by molar-refractivity contribution is 5.66. The van der Waals surface area contributed by atoms with Crippen LogP contribution in [0.3, 0.4) is 0 Å². The number of nitrogens with one attached hydrogen (secondary N) is 1. The Morgan fingerprint density at radius 3 is 2.65 bits per heavy atom. The van der Waals surface area contributed by atoms with Crippen molar-refractivity contribution in [3.05, 3.63) is 41.7 Å². The van der Waals surface area contributed by atoms with Crippen molar-refractivity contribution in [2.45, 2.75) is 39.2 Å². The predicted molar refractivity (Wildman–Crippen MR) is 84.8 cm³/mol. The monoisotopic (exact) mass is 271 g/mol. The van der Waals surface area contributed by atoms with E-state index in [2.05, 4.69) is 61.6 Å². The molecule has 1 N–H and O–H groups in total. The molecule has 0 radical (unpaired) electrons. The van der Waals surface area contributed by atoms with Gasteiger partial charge < -0.3 is 5.32 Å². The van der Waals surface area contributed by atoms with Gasteiger partial charge in [0.25, 0.3) is 0 Å². The molecule has 3 nitrogen and oxygen atoms in total. The molecular formula is C17H25N3. The Labute approximate surface area is 122 Å². The van der Waals surface area contributed by atoms with Gasteiger partial charge in [-0.15, -0.1) is 0 Å². The molecule has 20 heavy (non-hydrogen) atoms. The van der Waals surface area contributed by atoms with E-state index in [9.17, 15) is 0 Å². The predicted octanol–water partition coefficient (Wildman–Crippen LogP) is 3.88. The summed E-state index contributed by atoms with van der Waals surface area (Å²) in [6.45, 7) is 6.59. The van der Waals surface area contributed by atoms with Gasteiger partial charge in [0.2, 0.25) is 0 Å². The molecule has 1 heterocycles. The number of benzene rings is 1. The summed E-state index contributed by atoms with van der Waals surface area (Å²) >= 11 is 0. The molecule has 2 aromatic rings. The number of hydrogen-bond acceptors (Lipinski definition) is 2. The number of nitrogens with zero attached hydrogens (tertiary/aromatic N) is 2. The van der Waals surface area contributed by atoms with Crippen LogP contribution in [0, 0.1) is 0 Å².